The number of rotatable bonds is 6. The summed E-state index contributed by atoms with van der Waals surface area (Å²) >= 11 is 3.47. The average Bonchev–Trinajstić information content (AvgIpc) is 2.52. The molecule has 0 amide bonds. The normalized spacial score (nSPS) is 11.9. The Labute approximate surface area is 149 Å². The first-order chi connectivity index (χ1) is 11.2. The highest BCUT2D eigenvalue weighted by Crippen LogP contribution is 2.29. The van der Waals surface area contributed by atoms with Crippen LogP contribution < -0.4 is 4.72 Å². The van der Waals surface area contributed by atoms with Gasteiger partial charge in [0, 0.05) is 16.5 Å². The molecule has 0 saturated heterocycles. The Morgan fingerprint density at radius 1 is 1.21 bits per heavy atom. The second kappa shape index (κ2) is 7.67. The van der Waals surface area contributed by atoms with E-state index in [9.17, 15) is 12.8 Å². The number of hydrogen-bond acceptors (Lipinski definition) is 4. The number of benzene rings is 1. The maximum Gasteiger partial charge on any atom is 0.209 e. The Kier molecular flexibility index (Phi) is 6.06. The maximum atomic E-state index is 13.2. The molecule has 0 saturated carbocycles. The number of aromatic nitrogens is 2. The second-order valence-corrected chi connectivity index (χ2v) is 8.13. The topological polar surface area (TPSA) is 72.0 Å². The van der Waals surface area contributed by atoms with Crippen molar-refractivity contribution in [2.45, 2.75) is 31.6 Å². The molecule has 5 nitrogen and oxygen atoms in total. The average molecular weight is 416 g/mol. The first-order valence-corrected chi connectivity index (χ1v) is 10.4. The number of hydrogen-bond donors (Lipinski definition) is 1. The van der Waals surface area contributed by atoms with Crippen LogP contribution in [0.4, 0.5) is 4.39 Å². The summed E-state index contributed by atoms with van der Waals surface area (Å²) in [7, 11) is -3.34. The maximum absolute atomic E-state index is 13.2. The summed E-state index contributed by atoms with van der Waals surface area (Å²) in [6, 6.07) is 6.06. The van der Waals surface area contributed by atoms with Gasteiger partial charge in [-0.05, 0) is 30.2 Å². The SMILES string of the molecule is CC(C)c1nc(CNS(C)(=O)=O)nc(-c2ccc(F)cc2)c1CBr. The first-order valence-electron chi connectivity index (χ1n) is 7.37. The van der Waals surface area contributed by atoms with Crippen molar-refractivity contribution >= 4 is 26.0 Å². The van der Waals surface area contributed by atoms with E-state index in [-0.39, 0.29) is 18.3 Å². The molecular formula is C16H19BrFN3O2S. The van der Waals surface area contributed by atoms with Gasteiger partial charge >= 0.3 is 0 Å². The third-order valence-electron chi connectivity index (χ3n) is 3.38. The summed E-state index contributed by atoms with van der Waals surface area (Å²) in [6.07, 6.45) is 1.09. The molecule has 0 aliphatic heterocycles. The van der Waals surface area contributed by atoms with Crippen molar-refractivity contribution in [1.29, 1.82) is 0 Å². The molecule has 1 N–H and O–H groups in total. The van der Waals surface area contributed by atoms with Crippen LogP contribution in [0.1, 0.15) is 36.8 Å². The molecule has 24 heavy (non-hydrogen) atoms. The molecule has 8 heteroatoms. The van der Waals surface area contributed by atoms with E-state index < -0.39 is 10.0 Å². The van der Waals surface area contributed by atoms with Crippen LogP contribution in [-0.4, -0.2) is 24.6 Å². The molecule has 0 atom stereocenters. The molecule has 0 aliphatic rings. The van der Waals surface area contributed by atoms with E-state index in [1.54, 1.807) is 12.1 Å². The third kappa shape index (κ3) is 4.81. The zero-order valence-corrected chi connectivity index (χ0v) is 16.1. The van der Waals surface area contributed by atoms with E-state index in [0.29, 0.717) is 16.8 Å². The number of nitrogens with one attached hydrogen (secondary N) is 1. The summed E-state index contributed by atoms with van der Waals surface area (Å²) in [5.41, 5.74) is 3.19. The highest BCUT2D eigenvalue weighted by Gasteiger charge is 2.18. The zero-order valence-electron chi connectivity index (χ0n) is 13.7. The summed E-state index contributed by atoms with van der Waals surface area (Å²) in [5, 5.41) is 0.549. The van der Waals surface area contributed by atoms with E-state index in [4.69, 9.17) is 0 Å². The lowest BCUT2D eigenvalue weighted by atomic mass is 9.99. The zero-order chi connectivity index (χ0) is 17.9. The molecule has 0 fully saturated rings. The van der Waals surface area contributed by atoms with E-state index in [2.05, 4.69) is 30.6 Å². The van der Waals surface area contributed by atoms with Gasteiger partial charge in [-0.1, -0.05) is 29.8 Å². The predicted octanol–water partition coefficient (Wildman–Crippen LogP) is 3.35. The summed E-state index contributed by atoms with van der Waals surface area (Å²) < 4.78 is 38.3. The standard InChI is InChI=1S/C16H19BrFN3O2S/c1-10(2)15-13(8-17)16(11-4-6-12(18)7-5-11)21-14(20-15)9-19-24(3,22)23/h4-7,10,19H,8-9H2,1-3H3. The molecule has 1 aromatic heterocycles. The molecular weight excluding hydrogens is 397 g/mol. The van der Waals surface area contributed by atoms with Crippen LogP contribution in [0.2, 0.25) is 0 Å². The minimum atomic E-state index is -3.34. The van der Waals surface area contributed by atoms with Crippen molar-refractivity contribution in [1.82, 2.24) is 14.7 Å². The van der Waals surface area contributed by atoms with E-state index in [1.165, 1.54) is 12.1 Å². The van der Waals surface area contributed by atoms with Crippen molar-refractivity contribution < 1.29 is 12.8 Å². The Hall–Kier alpha value is -1.38. The lowest BCUT2D eigenvalue weighted by Gasteiger charge is -2.16. The molecule has 2 aromatic rings. The summed E-state index contributed by atoms with van der Waals surface area (Å²) in [5.74, 6) is 0.195. The van der Waals surface area contributed by atoms with Crippen LogP contribution in [0.15, 0.2) is 24.3 Å². The monoisotopic (exact) mass is 415 g/mol. The molecule has 1 aromatic carbocycles. The minimum absolute atomic E-state index is 0.00924. The molecule has 130 valence electrons. The predicted molar refractivity (Wildman–Crippen MR) is 95.8 cm³/mol. The van der Waals surface area contributed by atoms with Gasteiger partial charge in [-0.25, -0.2) is 27.5 Å². The Balaban J connectivity index is 2.57. The summed E-state index contributed by atoms with van der Waals surface area (Å²) in [4.78, 5) is 9.01. The van der Waals surface area contributed by atoms with Gasteiger partial charge in [0.25, 0.3) is 0 Å². The number of sulfonamides is 1. The van der Waals surface area contributed by atoms with Gasteiger partial charge in [-0.2, -0.15) is 0 Å². The number of alkyl halides is 1. The quantitative estimate of drug-likeness (QED) is 0.734. The Morgan fingerprint density at radius 3 is 2.33 bits per heavy atom. The number of halogens is 2. The number of nitrogens with zero attached hydrogens (tertiary/aromatic N) is 2. The van der Waals surface area contributed by atoms with Gasteiger partial charge in [0.2, 0.25) is 10.0 Å². The smallest absolute Gasteiger partial charge is 0.209 e. The minimum Gasteiger partial charge on any atom is -0.236 e. The van der Waals surface area contributed by atoms with Crippen molar-refractivity contribution in [3.63, 3.8) is 0 Å². The van der Waals surface area contributed by atoms with Crippen LogP contribution in [-0.2, 0) is 21.9 Å². The van der Waals surface area contributed by atoms with Crippen LogP contribution in [0, 0.1) is 5.82 Å². The van der Waals surface area contributed by atoms with Crippen molar-refractivity contribution in [2.24, 2.45) is 0 Å². The van der Waals surface area contributed by atoms with Gasteiger partial charge in [0.15, 0.2) is 0 Å². The fraction of sp³-hybridized carbons (Fsp3) is 0.375. The van der Waals surface area contributed by atoms with Gasteiger partial charge < -0.3 is 0 Å². The highest BCUT2D eigenvalue weighted by molar-refractivity contribution is 9.08. The largest absolute Gasteiger partial charge is 0.236 e. The van der Waals surface area contributed by atoms with Crippen molar-refractivity contribution in [3.8, 4) is 11.3 Å². The van der Waals surface area contributed by atoms with Crippen molar-refractivity contribution in [2.75, 3.05) is 6.26 Å². The van der Waals surface area contributed by atoms with Crippen LogP contribution in [0.3, 0.4) is 0 Å². The molecule has 0 unspecified atom stereocenters. The summed E-state index contributed by atoms with van der Waals surface area (Å²) in [6.45, 7) is 4.03. The van der Waals surface area contributed by atoms with Gasteiger partial charge in [-0.3, -0.25) is 0 Å². The Bertz CT molecular complexity index is 824. The first kappa shape index (κ1) is 19.0. The lowest BCUT2D eigenvalue weighted by molar-refractivity contribution is 0.585. The molecule has 1 heterocycles. The van der Waals surface area contributed by atoms with Crippen LogP contribution >= 0.6 is 15.9 Å². The van der Waals surface area contributed by atoms with E-state index >= 15 is 0 Å². The van der Waals surface area contributed by atoms with Gasteiger partial charge in [0.1, 0.15) is 11.6 Å². The Morgan fingerprint density at radius 2 is 1.83 bits per heavy atom. The molecule has 2 rings (SSSR count). The highest BCUT2D eigenvalue weighted by atomic mass is 79.9. The fourth-order valence-electron chi connectivity index (χ4n) is 2.28. The second-order valence-electron chi connectivity index (χ2n) is 5.74. The van der Waals surface area contributed by atoms with E-state index in [1.807, 2.05) is 13.8 Å². The van der Waals surface area contributed by atoms with Crippen molar-refractivity contribution in [3.05, 3.63) is 47.2 Å². The third-order valence-corrected chi connectivity index (χ3v) is 4.61. The molecule has 0 bridgehead atoms. The molecule has 0 radical (unpaired) electrons. The van der Waals surface area contributed by atoms with Gasteiger partial charge in [-0.15, -0.1) is 0 Å². The fourth-order valence-corrected chi connectivity index (χ4v) is 3.22. The van der Waals surface area contributed by atoms with Gasteiger partial charge in [0.05, 0.1) is 24.2 Å². The van der Waals surface area contributed by atoms with E-state index in [0.717, 1.165) is 23.1 Å². The molecule has 0 aliphatic carbocycles. The van der Waals surface area contributed by atoms with Crippen LogP contribution in [0.25, 0.3) is 11.3 Å². The molecule has 0 spiro atoms. The van der Waals surface area contributed by atoms with Crippen LogP contribution in [0.5, 0.6) is 0 Å². The lowest BCUT2D eigenvalue weighted by Crippen LogP contribution is -2.23.